The van der Waals surface area contributed by atoms with E-state index >= 15 is 0 Å². The molecule has 0 unspecified atom stereocenters. The maximum atomic E-state index is 12.3. The first-order chi connectivity index (χ1) is 15.6. The number of rotatable bonds is 8. The molecule has 0 aliphatic rings. The number of methoxy groups -OCH3 is 1. The molecule has 0 fully saturated rings. The number of nitrogens with one attached hydrogen (secondary N) is 2. The van der Waals surface area contributed by atoms with Gasteiger partial charge in [0.2, 0.25) is 5.91 Å². The second kappa shape index (κ2) is 9.74. The van der Waals surface area contributed by atoms with Gasteiger partial charge in [-0.2, -0.15) is 5.10 Å². The van der Waals surface area contributed by atoms with Crippen molar-refractivity contribution in [3.8, 4) is 11.6 Å². The van der Waals surface area contributed by atoms with E-state index in [0.717, 1.165) is 22.7 Å². The van der Waals surface area contributed by atoms with Crippen molar-refractivity contribution in [2.24, 2.45) is 0 Å². The standard InChI is InChI=1S/C24H24N6O2/c1-17-26-22(16-23(27-17)30-15-3-14-25-30)28-19-7-9-20(10-8-19)29-24(31)13-6-18-4-11-21(32-2)12-5-18/h3-5,7-12,14-16H,6,13H2,1-2H3,(H,29,31)(H,26,27,28). The molecule has 8 heteroatoms. The molecule has 8 nitrogen and oxygen atoms in total. The quantitative estimate of drug-likeness (QED) is 0.435. The molecule has 0 bridgehead atoms. The van der Waals surface area contributed by atoms with Gasteiger partial charge in [-0.15, -0.1) is 0 Å². The number of carbonyl (C=O) groups is 1. The first-order valence-corrected chi connectivity index (χ1v) is 10.2. The average Bonchev–Trinajstić information content (AvgIpc) is 3.34. The van der Waals surface area contributed by atoms with Crippen molar-refractivity contribution in [1.82, 2.24) is 19.7 Å². The molecule has 2 aromatic carbocycles. The number of carbonyl (C=O) groups excluding carboxylic acids is 1. The van der Waals surface area contributed by atoms with E-state index in [1.807, 2.05) is 73.8 Å². The SMILES string of the molecule is COc1ccc(CCC(=O)Nc2ccc(Nc3cc(-n4cccn4)nc(C)n3)cc2)cc1. The van der Waals surface area contributed by atoms with Crippen molar-refractivity contribution >= 4 is 23.1 Å². The Morgan fingerprint density at radius 1 is 1.03 bits per heavy atom. The fourth-order valence-electron chi connectivity index (χ4n) is 3.20. The zero-order chi connectivity index (χ0) is 22.3. The molecule has 2 heterocycles. The second-order valence-corrected chi connectivity index (χ2v) is 7.21. The van der Waals surface area contributed by atoms with Crippen molar-refractivity contribution in [1.29, 1.82) is 0 Å². The molecule has 0 saturated heterocycles. The Hall–Kier alpha value is -4.20. The second-order valence-electron chi connectivity index (χ2n) is 7.21. The minimum atomic E-state index is -0.0307. The first kappa shape index (κ1) is 21.0. The van der Waals surface area contributed by atoms with Gasteiger partial charge in [0.25, 0.3) is 0 Å². The van der Waals surface area contributed by atoms with Crippen LogP contribution in [0.4, 0.5) is 17.2 Å². The van der Waals surface area contributed by atoms with E-state index in [1.54, 1.807) is 18.0 Å². The van der Waals surface area contributed by atoms with Crippen molar-refractivity contribution < 1.29 is 9.53 Å². The van der Waals surface area contributed by atoms with Gasteiger partial charge in [0.05, 0.1) is 7.11 Å². The Balaban J connectivity index is 1.33. The number of benzene rings is 2. The maximum Gasteiger partial charge on any atom is 0.224 e. The third-order valence-electron chi connectivity index (χ3n) is 4.80. The molecule has 2 N–H and O–H groups in total. The van der Waals surface area contributed by atoms with Crippen LogP contribution in [0.1, 0.15) is 17.8 Å². The summed E-state index contributed by atoms with van der Waals surface area (Å²) in [5.74, 6) is 2.77. The molecular formula is C24H24N6O2. The van der Waals surface area contributed by atoms with Crippen molar-refractivity contribution in [2.75, 3.05) is 17.7 Å². The number of amides is 1. The van der Waals surface area contributed by atoms with E-state index in [4.69, 9.17) is 4.74 Å². The fourth-order valence-corrected chi connectivity index (χ4v) is 3.20. The lowest BCUT2D eigenvalue weighted by Crippen LogP contribution is -2.12. The number of aryl methyl sites for hydroxylation is 2. The molecule has 2 aromatic heterocycles. The molecule has 0 radical (unpaired) electrons. The largest absolute Gasteiger partial charge is 0.497 e. The van der Waals surface area contributed by atoms with Crippen LogP contribution in [0, 0.1) is 6.92 Å². The molecule has 4 aromatic rings. The van der Waals surface area contributed by atoms with Crippen LogP contribution < -0.4 is 15.4 Å². The summed E-state index contributed by atoms with van der Waals surface area (Å²) in [6.45, 7) is 1.84. The highest BCUT2D eigenvalue weighted by Gasteiger charge is 2.07. The van der Waals surface area contributed by atoms with Gasteiger partial charge in [-0.05, 0) is 61.4 Å². The number of nitrogens with zero attached hydrogens (tertiary/aromatic N) is 4. The third-order valence-corrected chi connectivity index (χ3v) is 4.80. The highest BCUT2D eigenvalue weighted by atomic mass is 16.5. The Morgan fingerprint density at radius 2 is 1.78 bits per heavy atom. The minimum Gasteiger partial charge on any atom is -0.497 e. The highest BCUT2D eigenvalue weighted by Crippen LogP contribution is 2.20. The normalized spacial score (nSPS) is 10.6. The first-order valence-electron chi connectivity index (χ1n) is 10.2. The van der Waals surface area contributed by atoms with Crippen LogP contribution in [0.3, 0.4) is 0 Å². The monoisotopic (exact) mass is 428 g/mol. The molecule has 0 spiro atoms. The Bertz CT molecular complexity index is 1170. The summed E-state index contributed by atoms with van der Waals surface area (Å²) < 4.78 is 6.84. The van der Waals surface area contributed by atoms with E-state index < -0.39 is 0 Å². The zero-order valence-corrected chi connectivity index (χ0v) is 17.9. The number of hydrogen-bond acceptors (Lipinski definition) is 6. The summed E-state index contributed by atoms with van der Waals surface area (Å²) in [5.41, 5.74) is 2.69. The molecule has 0 aliphatic heterocycles. The topological polar surface area (TPSA) is 94.0 Å². The van der Waals surface area contributed by atoms with Gasteiger partial charge in [-0.25, -0.2) is 14.6 Å². The molecule has 0 atom stereocenters. The molecule has 0 aliphatic carbocycles. The van der Waals surface area contributed by atoms with E-state index in [0.29, 0.717) is 30.3 Å². The Morgan fingerprint density at radius 3 is 2.47 bits per heavy atom. The number of hydrogen-bond donors (Lipinski definition) is 2. The van der Waals surface area contributed by atoms with Crippen LogP contribution >= 0.6 is 0 Å². The molecule has 1 amide bonds. The summed E-state index contributed by atoms with van der Waals surface area (Å²) in [5, 5.41) is 10.4. The molecule has 162 valence electrons. The smallest absolute Gasteiger partial charge is 0.224 e. The van der Waals surface area contributed by atoms with E-state index in [1.165, 1.54) is 0 Å². The lowest BCUT2D eigenvalue weighted by molar-refractivity contribution is -0.116. The van der Waals surface area contributed by atoms with Crippen LogP contribution in [-0.2, 0) is 11.2 Å². The van der Waals surface area contributed by atoms with Gasteiger partial charge in [0.15, 0.2) is 5.82 Å². The molecule has 0 saturated carbocycles. The Kier molecular flexibility index (Phi) is 6.41. The van der Waals surface area contributed by atoms with Gasteiger partial charge in [-0.1, -0.05) is 12.1 Å². The molecular weight excluding hydrogens is 404 g/mol. The van der Waals surface area contributed by atoms with Gasteiger partial charge in [-0.3, -0.25) is 4.79 Å². The van der Waals surface area contributed by atoms with E-state index in [9.17, 15) is 4.79 Å². The van der Waals surface area contributed by atoms with Crippen molar-refractivity contribution in [3.05, 3.63) is 84.4 Å². The lowest BCUT2D eigenvalue weighted by atomic mass is 10.1. The summed E-state index contributed by atoms with van der Waals surface area (Å²) in [6, 6.07) is 18.9. The van der Waals surface area contributed by atoms with Crippen LogP contribution in [0.25, 0.3) is 5.82 Å². The summed E-state index contributed by atoms with van der Waals surface area (Å²) in [4.78, 5) is 21.1. The van der Waals surface area contributed by atoms with Crippen molar-refractivity contribution in [2.45, 2.75) is 19.8 Å². The molecule has 4 rings (SSSR count). The third kappa shape index (κ3) is 5.48. The summed E-state index contributed by atoms with van der Waals surface area (Å²) in [7, 11) is 1.64. The van der Waals surface area contributed by atoms with Crippen LogP contribution in [-0.4, -0.2) is 32.8 Å². The number of aromatic nitrogens is 4. The van der Waals surface area contributed by atoms with E-state index in [2.05, 4.69) is 25.7 Å². The van der Waals surface area contributed by atoms with Crippen LogP contribution in [0.5, 0.6) is 5.75 Å². The fraction of sp³-hybridized carbons (Fsp3) is 0.167. The number of ether oxygens (including phenoxy) is 1. The van der Waals surface area contributed by atoms with Crippen LogP contribution in [0.2, 0.25) is 0 Å². The van der Waals surface area contributed by atoms with Gasteiger partial charge < -0.3 is 15.4 Å². The summed E-state index contributed by atoms with van der Waals surface area (Å²) >= 11 is 0. The Labute approximate surface area is 186 Å². The van der Waals surface area contributed by atoms with E-state index in [-0.39, 0.29) is 5.91 Å². The van der Waals surface area contributed by atoms with Gasteiger partial charge in [0.1, 0.15) is 17.4 Å². The highest BCUT2D eigenvalue weighted by molar-refractivity contribution is 5.91. The van der Waals surface area contributed by atoms with Crippen LogP contribution in [0.15, 0.2) is 73.1 Å². The predicted molar refractivity (Wildman–Crippen MR) is 124 cm³/mol. The van der Waals surface area contributed by atoms with Gasteiger partial charge >= 0.3 is 0 Å². The lowest BCUT2D eigenvalue weighted by Gasteiger charge is -2.10. The zero-order valence-electron chi connectivity index (χ0n) is 17.9. The average molecular weight is 428 g/mol. The van der Waals surface area contributed by atoms with Crippen molar-refractivity contribution in [3.63, 3.8) is 0 Å². The minimum absolute atomic E-state index is 0.0307. The predicted octanol–water partition coefficient (Wildman–Crippen LogP) is 4.29. The van der Waals surface area contributed by atoms with Gasteiger partial charge in [0, 0.05) is 36.3 Å². The number of anilines is 3. The molecule has 32 heavy (non-hydrogen) atoms. The maximum absolute atomic E-state index is 12.3. The summed E-state index contributed by atoms with van der Waals surface area (Å²) in [6.07, 6.45) is 4.61.